The van der Waals surface area contributed by atoms with Crippen molar-refractivity contribution >= 4 is 33.2 Å². The number of ether oxygens (including phenoxy) is 1. The van der Waals surface area contributed by atoms with E-state index >= 15 is 0 Å². The lowest BCUT2D eigenvalue weighted by atomic mass is 10.1. The van der Waals surface area contributed by atoms with Crippen LogP contribution in [0.5, 0.6) is 5.75 Å². The number of carbonyl (C=O) groups excluding carboxylic acids is 2. The number of nitrogens with one attached hydrogen (secondary N) is 2. The van der Waals surface area contributed by atoms with Gasteiger partial charge in [-0.05, 0) is 36.4 Å². The summed E-state index contributed by atoms with van der Waals surface area (Å²) in [4.78, 5) is 29.1. The fourth-order valence-electron chi connectivity index (χ4n) is 2.90. The lowest BCUT2D eigenvalue weighted by molar-refractivity contribution is 0.0847. The van der Waals surface area contributed by atoms with E-state index in [1.54, 1.807) is 42.6 Å². The molecule has 0 unspecified atom stereocenters. The van der Waals surface area contributed by atoms with Gasteiger partial charge in [0.1, 0.15) is 23.1 Å². The van der Waals surface area contributed by atoms with Crippen LogP contribution in [0, 0.1) is 5.82 Å². The number of rotatable bonds is 5. The summed E-state index contributed by atoms with van der Waals surface area (Å²) in [7, 11) is 0. The Kier molecular flexibility index (Phi) is 5.67. The van der Waals surface area contributed by atoms with Gasteiger partial charge in [0.2, 0.25) is 0 Å². The molecule has 2 N–H and O–H groups in total. The Morgan fingerprint density at radius 3 is 2.53 bits per heavy atom. The monoisotopic (exact) mass is 421 g/mol. The molecule has 0 saturated heterocycles. The van der Waals surface area contributed by atoms with E-state index in [1.807, 2.05) is 18.2 Å². The Bertz CT molecular complexity index is 1200. The van der Waals surface area contributed by atoms with Crippen molar-refractivity contribution in [3.8, 4) is 5.75 Å². The van der Waals surface area contributed by atoms with E-state index in [-0.39, 0.29) is 11.5 Å². The zero-order valence-corrected chi connectivity index (χ0v) is 16.4. The highest BCUT2D eigenvalue weighted by Crippen LogP contribution is 2.34. The van der Waals surface area contributed by atoms with E-state index in [0.29, 0.717) is 27.0 Å². The minimum atomic E-state index is -0.556. The molecule has 0 bridgehead atoms. The molecule has 2 amide bonds. The molecule has 4 rings (SSSR count). The number of para-hydroxylation sites is 1. The molecule has 0 aliphatic rings. The molecule has 4 aromatic rings. The van der Waals surface area contributed by atoms with Gasteiger partial charge in [-0.1, -0.05) is 24.3 Å². The van der Waals surface area contributed by atoms with Gasteiger partial charge in [-0.3, -0.25) is 25.4 Å². The van der Waals surface area contributed by atoms with Gasteiger partial charge < -0.3 is 4.74 Å². The van der Waals surface area contributed by atoms with E-state index in [1.165, 1.54) is 12.3 Å². The third-order valence-electron chi connectivity index (χ3n) is 4.31. The molecule has 0 atom stereocenters. The first-order valence-electron chi connectivity index (χ1n) is 9.02. The highest BCUT2D eigenvalue weighted by molar-refractivity contribution is 7.21. The Labute approximate surface area is 175 Å². The summed E-state index contributed by atoms with van der Waals surface area (Å²) in [6, 6.07) is 16.9. The summed E-state index contributed by atoms with van der Waals surface area (Å²) in [5, 5.41) is 0.335. The minimum Gasteiger partial charge on any atom is -0.489 e. The predicted octanol–water partition coefficient (Wildman–Crippen LogP) is 4.09. The summed E-state index contributed by atoms with van der Waals surface area (Å²) in [6.45, 7) is 0.00422. The smallest absolute Gasteiger partial charge is 0.280 e. The second-order valence-corrected chi connectivity index (χ2v) is 7.33. The quantitative estimate of drug-likeness (QED) is 0.476. The van der Waals surface area contributed by atoms with Crippen molar-refractivity contribution in [3.63, 3.8) is 0 Å². The van der Waals surface area contributed by atoms with Crippen LogP contribution in [0.2, 0.25) is 0 Å². The normalized spacial score (nSPS) is 10.6. The number of benzene rings is 2. The molecule has 30 heavy (non-hydrogen) atoms. The molecule has 0 radical (unpaired) electrons. The molecule has 2 heterocycles. The van der Waals surface area contributed by atoms with Gasteiger partial charge in [0.25, 0.3) is 11.8 Å². The predicted molar refractivity (Wildman–Crippen MR) is 112 cm³/mol. The van der Waals surface area contributed by atoms with Crippen LogP contribution >= 0.6 is 11.3 Å². The zero-order valence-electron chi connectivity index (χ0n) is 15.6. The van der Waals surface area contributed by atoms with E-state index in [0.717, 1.165) is 11.3 Å². The topological polar surface area (TPSA) is 80.3 Å². The first-order valence-corrected chi connectivity index (χ1v) is 9.83. The third-order valence-corrected chi connectivity index (χ3v) is 5.51. The Balaban J connectivity index is 1.58. The standard InChI is InChI=1S/C22H16FN3O3S/c23-17-9-4-10-18-19(17)16(13-29-15-7-2-1-3-8-15)20(30-18)22(28)26-25-21(27)14-6-5-11-24-12-14/h1-12H,13H2,(H,25,27)(H,26,28). The van der Waals surface area contributed by atoms with E-state index < -0.39 is 17.6 Å². The molecule has 0 spiro atoms. The van der Waals surface area contributed by atoms with Crippen molar-refractivity contribution in [2.24, 2.45) is 0 Å². The molecule has 2 aromatic heterocycles. The highest BCUT2D eigenvalue weighted by Gasteiger charge is 2.22. The van der Waals surface area contributed by atoms with Gasteiger partial charge in [0, 0.05) is 28.0 Å². The number of fused-ring (bicyclic) bond motifs is 1. The maximum Gasteiger partial charge on any atom is 0.280 e. The number of pyridine rings is 1. The largest absolute Gasteiger partial charge is 0.489 e. The van der Waals surface area contributed by atoms with Crippen molar-refractivity contribution in [1.29, 1.82) is 0 Å². The number of nitrogens with zero attached hydrogens (tertiary/aromatic N) is 1. The van der Waals surface area contributed by atoms with E-state index in [2.05, 4.69) is 15.8 Å². The van der Waals surface area contributed by atoms with Crippen LogP contribution in [0.25, 0.3) is 10.1 Å². The summed E-state index contributed by atoms with van der Waals surface area (Å²) in [5.41, 5.74) is 5.45. The number of halogens is 1. The van der Waals surface area contributed by atoms with Gasteiger partial charge in [0.15, 0.2) is 0 Å². The summed E-state index contributed by atoms with van der Waals surface area (Å²) < 4.78 is 20.9. The van der Waals surface area contributed by atoms with Crippen LogP contribution in [0.15, 0.2) is 73.1 Å². The van der Waals surface area contributed by atoms with Crippen LogP contribution < -0.4 is 15.6 Å². The number of amides is 2. The van der Waals surface area contributed by atoms with Crippen molar-refractivity contribution in [2.45, 2.75) is 6.61 Å². The molecule has 6 nitrogen and oxygen atoms in total. The van der Waals surface area contributed by atoms with Crippen molar-refractivity contribution in [2.75, 3.05) is 0 Å². The van der Waals surface area contributed by atoms with Crippen molar-refractivity contribution in [1.82, 2.24) is 15.8 Å². The van der Waals surface area contributed by atoms with Crippen LogP contribution in [-0.2, 0) is 6.61 Å². The van der Waals surface area contributed by atoms with E-state index in [4.69, 9.17) is 4.74 Å². The fourth-order valence-corrected chi connectivity index (χ4v) is 4.02. The van der Waals surface area contributed by atoms with Crippen LogP contribution in [0.3, 0.4) is 0 Å². The molecular formula is C22H16FN3O3S. The van der Waals surface area contributed by atoms with Gasteiger partial charge in [0.05, 0.1) is 5.56 Å². The fraction of sp³-hybridized carbons (Fsp3) is 0.0455. The molecular weight excluding hydrogens is 405 g/mol. The van der Waals surface area contributed by atoms with Crippen LogP contribution in [0.4, 0.5) is 4.39 Å². The van der Waals surface area contributed by atoms with Crippen molar-refractivity contribution in [3.05, 3.63) is 94.9 Å². The average Bonchev–Trinajstić information content (AvgIpc) is 3.17. The minimum absolute atomic E-state index is 0.00422. The Morgan fingerprint density at radius 2 is 1.77 bits per heavy atom. The van der Waals surface area contributed by atoms with Crippen LogP contribution in [0.1, 0.15) is 25.6 Å². The third kappa shape index (κ3) is 4.13. The lowest BCUT2D eigenvalue weighted by Crippen LogP contribution is -2.41. The van der Waals surface area contributed by atoms with Gasteiger partial charge >= 0.3 is 0 Å². The summed E-state index contributed by atoms with van der Waals surface area (Å²) in [5.74, 6) is -0.899. The number of hydrogen-bond donors (Lipinski definition) is 2. The Morgan fingerprint density at radius 1 is 0.967 bits per heavy atom. The van der Waals surface area contributed by atoms with Gasteiger partial charge in [-0.2, -0.15) is 0 Å². The SMILES string of the molecule is O=C(NNC(=O)c1sc2cccc(F)c2c1COc1ccccc1)c1cccnc1. The number of hydrogen-bond acceptors (Lipinski definition) is 5. The second kappa shape index (κ2) is 8.71. The van der Waals surface area contributed by atoms with Gasteiger partial charge in [-0.25, -0.2) is 4.39 Å². The molecule has 0 aliphatic heterocycles. The Hall–Kier alpha value is -3.78. The molecule has 2 aromatic carbocycles. The molecule has 0 saturated carbocycles. The number of carbonyl (C=O) groups is 2. The van der Waals surface area contributed by atoms with E-state index in [9.17, 15) is 14.0 Å². The number of aromatic nitrogens is 1. The first kappa shape index (κ1) is 19.5. The summed E-state index contributed by atoms with van der Waals surface area (Å²) >= 11 is 1.13. The molecule has 8 heteroatoms. The number of hydrazine groups is 1. The average molecular weight is 421 g/mol. The van der Waals surface area contributed by atoms with Crippen LogP contribution in [-0.4, -0.2) is 16.8 Å². The molecule has 150 valence electrons. The maximum absolute atomic E-state index is 14.5. The maximum atomic E-state index is 14.5. The highest BCUT2D eigenvalue weighted by atomic mass is 32.1. The van der Waals surface area contributed by atoms with Crippen molar-refractivity contribution < 1.29 is 18.7 Å². The first-order chi connectivity index (χ1) is 14.6. The lowest BCUT2D eigenvalue weighted by Gasteiger charge is -2.10. The number of thiophene rings is 1. The molecule has 0 fully saturated rings. The molecule has 0 aliphatic carbocycles. The zero-order chi connectivity index (χ0) is 20.9. The summed E-state index contributed by atoms with van der Waals surface area (Å²) in [6.07, 6.45) is 2.93. The second-order valence-electron chi connectivity index (χ2n) is 6.27. The van der Waals surface area contributed by atoms with Gasteiger partial charge in [-0.15, -0.1) is 11.3 Å².